The molecule has 0 unspecified atom stereocenters. The summed E-state index contributed by atoms with van der Waals surface area (Å²) in [7, 11) is 0. The molecule has 6 rings (SSSR count). The summed E-state index contributed by atoms with van der Waals surface area (Å²) in [5, 5.41) is 49.4. The fourth-order valence-corrected chi connectivity index (χ4v) is 5.30. The summed E-state index contributed by atoms with van der Waals surface area (Å²) < 4.78 is 12.2. The predicted octanol–water partition coefficient (Wildman–Crippen LogP) is 8.80. The summed E-state index contributed by atoms with van der Waals surface area (Å²) in [4.78, 5) is 43.3. The highest BCUT2D eigenvalue weighted by atomic mass is 16.6. The van der Waals surface area contributed by atoms with E-state index in [1.165, 1.54) is 0 Å². The third-order valence-corrected chi connectivity index (χ3v) is 7.49. The molecule has 0 saturated carbocycles. The van der Waals surface area contributed by atoms with E-state index >= 15 is 0 Å². The maximum Gasteiger partial charge on any atom is 0.318 e. The lowest BCUT2D eigenvalue weighted by Crippen LogP contribution is -2.01. The second-order valence-corrected chi connectivity index (χ2v) is 10.2. The summed E-state index contributed by atoms with van der Waals surface area (Å²) >= 11 is 0. The van der Waals surface area contributed by atoms with Crippen LogP contribution in [-0.4, -0.2) is 19.7 Å². The third-order valence-electron chi connectivity index (χ3n) is 7.49. The quantitative estimate of drug-likeness (QED) is 0.104. The van der Waals surface area contributed by atoms with E-state index in [2.05, 4.69) is 0 Å². The smallest absolute Gasteiger partial charge is 0.318 e. The van der Waals surface area contributed by atoms with Crippen LogP contribution in [0.1, 0.15) is 11.1 Å². The Hall–Kier alpha value is -6.96. The minimum atomic E-state index is -0.767. The van der Waals surface area contributed by atoms with E-state index in [0.717, 1.165) is 57.9 Å². The molecule has 0 saturated heterocycles. The van der Waals surface area contributed by atoms with Gasteiger partial charge in [0.1, 0.15) is 11.5 Å². The lowest BCUT2D eigenvalue weighted by atomic mass is 9.93. The van der Waals surface area contributed by atoms with Gasteiger partial charge in [0.15, 0.2) is 0 Å². The number of non-ortho nitro benzene ring substituents is 2. The van der Waals surface area contributed by atoms with Gasteiger partial charge in [-0.1, -0.05) is 60.7 Å². The van der Waals surface area contributed by atoms with Crippen molar-refractivity contribution in [2.24, 2.45) is 0 Å². The van der Waals surface area contributed by atoms with Gasteiger partial charge in [-0.2, -0.15) is 0 Å². The summed E-state index contributed by atoms with van der Waals surface area (Å²) in [5.74, 6) is 0.0164. The maximum absolute atomic E-state index is 11.9. The molecule has 0 amide bonds. The molecule has 0 heterocycles. The van der Waals surface area contributed by atoms with E-state index in [1.807, 2.05) is 48.5 Å². The van der Waals surface area contributed by atoms with Gasteiger partial charge in [-0.05, 0) is 45.8 Å². The Bertz CT molecular complexity index is 2110. The van der Waals surface area contributed by atoms with Crippen LogP contribution in [0.3, 0.4) is 0 Å². The SMILES string of the molecule is O=[N+]([O-])c1ccc(Oc2ccc3ccccc3c2Cc2c(Oc3ccc([N+](=O)[O-])cc3[N+](=O)[O-])ccc3ccccc23)c([N+](=O)[O-])c1. The molecule has 14 heteroatoms. The fraction of sp³-hybridized carbons (Fsp3) is 0.0303. The molecular formula is C33H20N4O10. The number of nitro benzene ring substituents is 4. The lowest BCUT2D eigenvalue weighted by Gasteiger charge is -2.18. The lowest BCUT2D eigenvalue weighted by molar-refractivity contribution is -0.394. The van der Waals surface area contributed by atoms with Gasteiger partial charge in [0, 0.05) is 29.7 Å². The molecule has 0 atom stereocenters. The van der Waals surface area contributed by atoms with Crippen molar-refractivity contribution >= 4 is 44.3 Å². The highest BCUT2D eigenvalue weighted by Crippen LogP contribution is 2.42. The minimum absolute atomic E-state index is 0.106. The zero-order valence-corrected chi connectivity index (χ0v) is 24.0. The van der Waals surface area contributed by atoms with Gasteiger partial charge in [-0.15, -0.1) is 0 Å². The molecule has 0 spiro atoms. The number of hydrogen-bond acceptors (Lipinski definition) is 10. The molecule has 0 fully saturated rings. The molecule has 6 aromatic rings. The standard InChI is InChI=1S/C33H20N4O10/c38-34(39)22-11-15-32(28(17-22)36(42)43)46-30-13-9-20-5-1-3-7-24(20)26(30)19-27-25-8-4-2-6-21(25)10-14-31(27)47-33-16-12-23(35(40)41)18-29(33)37(44)45/h1-18H,19H2. The monoisotopic (exact) mass is 632 g/mol. The third kappa shape index (κ3) is 5.93. The van der Waals surface area contributed by atoms with Crippen LogP contribution >= 0.6 is 0 Å². The molecule has 0 N–H and O–H groups in total. The average molecular weight is 633 g/mol. The summed E-state index contributed by atoms with van der Waals surface area (Å²) in [6.45, 7) is 0. The van der Waals surface area contributed by atoms with E-state index < -0.39 is 42.4 Å². The molecule has 47 heavy (non-hydrogen) atoms. The molecule has 0 aliphatic rings. The predicted molar refractivity (Wildman–Crippen MR) is 170 cm³/mol. The molecule has 0 aliphatic heterocycles. The Kier molecular flexibility index (Phi) is 7.81. The van der Waals surface area contributed by atoms with Crippen molar-refractivity contribution in [3.63, 3.8) is 0 Å². The van der Waals surface area contributed by atoms with E-state index in [1.54, 1.807) is 24.3 Å². The van der Waals surface area contributed by atoms with Crippen molar-refractivity contribution in [3.8, 4) is 23.0 Å². The summed E-state index contributed by atoms with van der Waals surface area (Å²) in [6.07, 6.45) is 0.106. The van der Waals surface area contributed by atoms with Crippen molar-refractivity contribution in [2.45, 2.75) is 6.42 Å². The van der Waals surface area contributed by atoms with Crippen molar-refractivity contribution < 1.29 is 29.2 Å². The van der Waals surface area contributed by atoms with Gasteiger partial charge < -0.3 is 9.47 Å². The van der Waals surface area contributed by atoms with Crippen LogP contribution in [0.15, 0.2) is 109 Å². The van der Waals surface area contributed by atoms with Crippen molar-refractivity contribution in [3.05, 3.63) is 161 Å². The van der Waals surface area contributed by atoms with E-state index in [0.29, 0.717) is 11.1 Å². The van der Waals surface area contributed by atoms with Crippen LogP contribution in [0.2, 0.25) is 0 Å². The second kappa shape index (κ2) is 12.2. The molecular weight excluding hydrogens is 612 g/mol. The summed E-state index contributed by atoms with van der Waals surface area (Å²) in [5.41, 5.74) is -0.984. The Morgan fingerprint density at radius 2 is 0.830 bits per heavy atom. The van der Waals surface area contributed by atoms with E-state index in [9.17, 15) is 40.5 Å². The number of hydrogen-bond donors (Lipinski definition) is 0. The van der Waals surface area contributed by atoms with E-state index in [-0.39, 0.29) is 29.4 Å². The molecule has 0 radical (unpaired) electrons. The Morgan fingerprint density at radius 1 is 0.447 bits per heavy atom. The first-order valence-corrected chi connectivity index (χ1v) is 13.8. The first kappa shape index (κ1) is 30.1. The van der Waals surface area contributed by atoms with Gasteiger partial charge in [0.25, 0.3) is 11.4 Å². The number of nitrogens with zero attached hydrogens (tertiary/aromatic N) is 4. The van der Waals surface area contributed by atoms with Gasteiger partial charge in [0.2, 0.25) is 11.5 Å². The molecule has 232 valence electrons. The van der Waals surface area contributed by atoms with Crippen molar-refractivity contribution in [1.29, 1.82) is 0 Å². The molecule has 14 nitrogen and oxygen atoms in total. The normalized spacial score (nSPS) is 10.9. The van der Waals surface area contributed by atoms with Gasteiger partial charge in [-0.3, -0.25) is 40.5 Å². The minimum Gasteiger partial charge on any atom is -0.450 e. The summed E-state index contributed by atoms with van der Waals surface area (Å²) in [6, 6.07) is 27.7. The van der Waals surface area contributed by atoms with Crippen LogP contribution in [0.5, 0.6) is 23.0 Å². The molecule has 0 bridgehead atoms. The first-order valence-electron chi connectivity index (χ1n) is 13.8. The van der Waals surface area contributed by atoms with Crippen molar-refractivity contribution in [2.75, 3.05) is 0 Å². The average Bonchev–Trinajstić information content (AvgIpc) is 3.06. The maximum atomic E-state index is 11.9. The molecule has 6 aromatic carbocycles. The molecule has 0 aliphatic carbocycles. The van der Waals surface area contributed by atoms with Crippen LogP contribution in [0.4, 0.5) is 22.7 Å². The Morgan fingerprint density at radius 3 is 1.21 bits per heavy atom. The fourth-order valence-electron chi connectivity index (χ4n) is 5.30. The highest BCUT2D eigenvalue weighted by molar-refractivity contribution is 5.92. The number of fused-ring (bicyclic) bond motifs is 2. The number of nitro groups is 4. The number of rotatable bonds is 10. The largest absolute Gasteiger partial charge is 0.450 e. The van der Waals surface area contributed by atoms with Gasteiger partial charge >= 0.3 is 11.4 Å². The van der Waals surface area contributed by atoms with Crippen LogP contribution in [-0.2, 0) is 6.42 Å². The molecule has 0 aromatic heterocycles. The zero-order valence-electron chi connectivity index (χ0n) is 24.0. The Balaban J connectivity index is 1.52. The van der Waals surface area contributed by atoms with Crippen molar-refractivity contribution in [1.82, 2.24) is 0 Å². The van der Waals surface area contributed by atoms with Gasteiger partial charge in [-0.25, -0.2) is 0 Å². The van der Waals surface area contributed by atoms with Gasteiger partial charge in [0.05, 0.1) is 31.8 Å². The van der Waals surface area contributed by atoms with Crippen LogP contribution < -0.4 is 9.47 Å². The zero-order chi connectivity index (χ0) is 33.2. The first-order chi connectivity index (χ1) is 22.6. The van der Waals surface area contributed by atoms with Crippen LogP contribution in [0.25, 0.3) is 21.5 Å². The Labute approximate surface area is 263 Å². The highest BCUT2D eigenvalue weighted by Gasteiger charge is 2.25. The van der Waals surface area contributed by atoms with Crippen LogP contribution in [0, 0.1) is 40.5 Å². The number of benzene rings is 6. The van der Waals surface area contributed by atoms with E-state index in [4.69, 9.17) is 9.47 Å². The topological polar surface area (TPSA) is 191 Å². The number of ether oxygens (including phenoxy) is 2. The second-order valence-electron chi connectivity index (χ2n) is 10.2.